The Morgan fingerprint density at radius 1 is 0.700 bits per heavy atom. The van der Waals surface area contributed by atoms with E-state index in [2.05, 4.69) is 26.0 Å². The van der Waals surface area contributed by atoms with Crippen LogP contribution >= 0.6 is 0 Å². The second-order valence-electron chi connectivity index (χ2n) is 3.41. The fraction of sp³-hybridized carbons (Fsp3) is 0.571. The molecule has 0 aromatic carbocycles. The van der Waals surface area contributed by atoms with Gasteiger partial charge in [-0.25, -0.2) is 0 Å². The second-order valence-corrected chi connectivity index (χ2v) is 3.41. The Morgan fingerprint density at radius 2 is 1.05 bits per heavy atom. The molecule has 0 saturated carbocycles. The van der Waals surface area contributed by atoms with E-state index in [9.17, 15) is 13.2 Å². The van der Waals surface area contributed by atoms with E-state index in [0.29, 0.717) is 13.1 Å². The molecule has 6 heteroatoms. The highest BCUT2D eigenvalue weighted by Gasteiger charge is 2.21. The van der Waals surface area contributed by atoms with Gasteiger partial charge >= 0.3 is 6.18 Å². The smallest absolute Gasteiger partial charge is 0.327 e. The number of nitrogens with two attached hydrogens (primary N) is 3. The number of alkyl halides is 3. The van der Waals surface area contributed by atoms with Crippen LogP contribution in [0.15, 0.2) is 36.5 Å². The molecule has 0 aliphatic rings. The maximum atomic E-state index is 11.1. The minimum Gasteiger partial charge on any atom is -0.327 e. The summed E-state index contributed by atoms with van der Waals surface area (Å²) in [6.07, 6.45) is 6.99. The minimum absolute atomic E-state index is 0.0699. The number of halogens is 3. The van der Waals surface area contributed by atoms with Crippen LogP contribution < -0.4 is 17.2 Å². The van der Waals surface area contributed by atoms with Crippen molar-refractivity contribution in [3.63, 3.8) is 0 Å². The van der Waals surface area contributed by atoms with E-state index in [-0.39, 0.29) is 12.6 Å². The Morgan fingerprint density at radius 3 is 1.15 bits per heavy atom. The topological polar surface area (TPSA) is 78.1 Å². The van der Waals surface area contributed by atoms with E-state index < -0.39 is 6.18 Å². The van der Waals surface area contributed by atoms with Crippen molar-refractivity contribution in [3.05, 3.63) is 36.5 Å². The van der Waals surface area contributed by atoms with Crippen LogP contribution in [-0.4, -0.2) is 25.8 Å². The molecule has 6 N–H and O–H groups in total. The summed E-state index contributed by atoms with van der Waals surface area (Å²) in [6.45, 7) is 5.46. The predicted molar refractivity (Wildman–Crippen MR) is 81.2 cm³/mol. The van der Waals surface area contributed by atoms with Crippen molar-refractivity contribution in [2.75, 3.05) is 19.6 Å². The molecule has 0 aliphatic heterocycles. The van der Waals surface area contributed by atoms with Gasteiger partial charge < -0.3 is 17.2 Å². The van der Waals surface area contributed by atoms with Gasteiger partial charge in [-0.1, -0.05) is 44.2 Å². The maximum Gasteiger partial charge on any atom is 0.409 e. The highest BCUT2D eigenvalue weighted by atomic mass is 19.4. The zero-order chi connectivity index (χ0) is 16.3. The van der Waals surface area contributed by atoms with Crippen molar-refractivity contribution < 1.29 is 13.2 Å². The average Bonchev–Trinajstić information content (AvgIpc) is 2.41. The summed E-state index contributed by atoms with van der Waals surface area (Å²) >= 11 is 0. The molecule has 0 bridgehead atoms. The Labute approximate surface area is 120 Å². The monoisotopic (exact) mass is 295 g/mol. The molecule has 0 fully saturated rings. The third kappa shape index (κ3) is 43.6. The third-order valence-corrected chi connectivity index (χ3v) is 1.52. The fourth-order valence-electron chi connectivity index (χ4n) is 0.727. The van der Waals surface area contributed by atoms with Crippen molar-refractivity contribution >= 4 is 0 Å². The molecule has 0 heterocycles. The molecular weight excluding hydrogens is 267 g/mol. The maximum absolute atomic E-state index is 11.1. The second kappa shape index (κ2) is 20.2. The number of rotatable bonds is 5. The lowest BCUT2D eigenvalue weighted by Gasteiger charge is -1.94. The molecule has 0 aromatic heterocycles. The van der Waals surface area contributed by atoms with E-state index in [1.807, 2.05) is 12.2 Å². The Bertz CT molecular complexity index is 221. The van der Waals surface area contributed by atoms with Gasteiger partial charge in [0.1, 0.15) is 0 Å². The predicted octanol–water partition coefficient (Wildman–Crippen LogP) is 2.89. The Hall–Kier alpha value is -1.11. The summed E-state index contributed by atoms with van der Waals surface area (Å²) in [4.78, 5) is 0. The number of allylic oxidation sites excluding steroid dienone is 3. The molecule has 0 rings (SSSR count). The summed E-state index contributed by atoms with van der Waals surface area (Å²) in [5, 5.41) is 0. The van der Waals surface area contributed by atoms with Crippen LogP contribution in [0.1, 0.15) is 26.7 Å². The molecule has 120 valence electrons. The van der Waals surface area contributed by atoms with Crippen molar-refractivity contribution in [2.24, 2.45) is 17.2 Å². The van der Waals surface area contributed by atoms with Gasteiger partial charge in [0.2, 0.25) is 0 Å². The lowest BCUT2D eigenvalue weighted by atomic mass is 10.4. The molecule has 0 radical (unpaired) electrons. The third-order valence-electron chi connectivity index (χ3n) is 1.52. The Balaban J connectivity index is -0.000000221. The van der Waals surface area contributed by atoms with E-state index in [0.717, 1.165) is 18.9 Å². The summed E-state index contributed by atoms with van der Waals surface area (Å²) in [5.74, 6) is 0. The summed E-state index contributed by atoms with van der Waals surface area (Å²) in [5.41, 5.74) is 15.0. The van der Waals surface area contributed by atoms with Gasteiger partial charge in [-0.15, -0.1) is 0 Å². The molecule has 0 atom stereocenters. The molecular formula is C14H28F3N3. The van der Waals surface area contributed by atoms with E-state index >= 15 is 0 Å². The summed E-state index contributed by atoms with van der Waals surface area (Å²) < 4.78 is 33.3. The number of hydrogen-bond acceptors (Lipinski definition) is 3. The van der Waals surface area contributed by atoms with Crippen molar-refractivity contribution in [1.82, 2.24) is 0 Å². The van der Waals surface area contributed by atoms with E-state index in [1.165, 1.54) is 0 Å². The van der Waals surface area contributed by atoms with Crippen LogP contribution in [-0.2, 0) is 0 Å². The van der Waals surface area contributed by atoms with E-state index in [4.69, 9.17) is 17.2 Å². The SMILES string of the molecule is CC/C=C/CN.CC/C=C\CN.NC/C=C/C(F)(F)F. The van der Waals surface area contributed by atoms with Crippen molar-refractivity contribution in [1.29, 1.82) is 0 Å². The minimum atomic E-state index is -4.21. The first kappa shape index (κ1) is 23.9. The molecule has 0 amide bonds. The normalized spacial score (nSPS) is 11.4. The quantitative estimate of drug-likeness (QED) is 0.682. The fourth-order valence-corrected chi connectivity index (χ4v) is 0.727. The highest BCUT2D eigenvalue weighted by molar-refractivity contribution is 4.88. The standard InChI is InChI=1S/2C5H11N.C4H6F3N/c2*1-2-3-4-5-6;5-4(6,7)2-1-3-8/h2*3-4H,2,5-6H2,1H3;1-2H,3,8H2/b4-3+;4-3-;2-1+. The zero-order valence-electron chi connectivity index (χ0n) is 12.4. The average molecular weight is 295 g/mol. The summed E-state index contributed by atoms with van der Waals surface area (Å²) in [7, 11) is 0. The van der Waals surface area contributed by atoms with Gasteiger partial charge in [0.15, 0.2) is 0 Å². The highest BCUT2D eigenvalue weighted by Crippen LogP contribution is 2.15. The van der Waals surface area contributed by atoms with Crippen molar-refractivity contribution in [3.8, 4) is 0 Å². The first-order valence-corrected chi connectivity index (χ1v) is 6.54. The van der Waals surface area contributed by atoms with Gasteiger partial charge in [0, 0.05) is 25.7 Å². The van der Waals surface area contributed by atoms with Crippen LogP contribution in [0.5, 0.6) is 0 Å². The molecule has 0 saturated heterocycles. The van der Waals surface area contributed by atoms with Crippen LogP contribution in [0.4, 0.5) is 13.2 Å². The first-order valence-electron chi connectivity index (χ1n) is 6.54. The Kier molecular flexibility index (Phi) is 24.2. The largest absolute Gasteiger partial charge is 0.409 e. The van der Waals surface area contributed by atoms with Gasteiger partial charge in [-0.3, -0.25) is 0 Å². The van der Waals surface area contributed by atoms with E-state index in [1.54, 1.807) is 0 Å². The number of hydrogen-bond donors (Lipinski definition) is 3. The van der Waals surface area contributed by atoms with Gasteiger partial charge in [0.05, 0.1) is 0 Å². The molecule has 0 aromatic rings. The summed E-state index contributed by atoms with van der Waals surface area (Å²) in [6, 6.07) is 0. The van der Waals surface area contributed by atoms with Crippen molar-refractivity contribution in [2.45, 2.75) is 32.9 Å². The van der Waals surface area contributed by atoms with Gasteiger partial charge in [-0.05, 0) is 12.8 Å². The van der Waals surface area contributed by atoms with Gasteiger partial charge in [-0.2, -0.15) is 13.2 Å². The molecule has 3 nitrogen and oxygen atoms in total. The zero-order valence-corrected chi connectivity index (χ0v) is 12.4. The first-order chi connectivity index (χ1) is 9.39. The lowest BCUT2D eigenvalue weighted by Crippen LogP contribution is -2.03. The lowest BCUT2D eigenvalue weighted by molar-refractivity contribution is -0.0799. The van der Waals surface area contributed by atoms with Crippen LogP contribution in [0, 0.1) is 0 Å². The van der Waals surface area contributed by atoms with Crippen LogP contribution in [0.2, 0.25) is 0 Å². The van der Waals surface area contributed by atoms with Crippen LogP contribution in [0.25, 0.3) is 0 Å². The van der Waals surface area contributed by atoms with Crippen LogP contribution in [0.3, 0.4) is 0 Å². The van der Waals surface area contributed by atoms with Gasteiger partial charge in [0.25, 0.3) is 0 Å². The molecule has 0 spiro atoms. The molecule has 20 heavy (non-hydrogen) atoms. The molecule has 0 aliphatic carbocycles. The molecule has 0 unspecified atom stereocenters.